The van der Waals surface area contributed by atoms with E-state index in [1.54, 1.807) is 12.1 Å². The first kappa shape index (κ1) is 15.6. The number of hydrogen-bond acceptors (Lipinski definition) is 4. The zero-order valence-electron chi connectivity index (χ0n) is 13.0. The molecule has 1 heterocycles. The minimum atomic E-state index is 0.263. The molecule has 3 aromatic rings. The maximum Gasteiger partial charge on any atom is 0.258 e. The van der Waals surface area contributed by atoms with E-state index in [9.17, 15) is 0 Å². The summed E-state index contributed by atoms with van der Waals surface area (Å²) < 4.78 is 11.0. The fraction of sp³-hybridized carbons (Fsp3) is 0.222. The second kappa shape index (κ2) is 6.84. The first-order valence-electron chi connectivity index (χ1n) is 7.43. The molecule has 0 spiro atoms. The van der Waals surface area contributed by atoms with Gasteiger partial charge in [0.05, 0.1) is 0 Å². The molecule has 0 unspecified atom stereocenters. The highest BCUT2D eigenvalue weighted by atomic mass is 35.5. The van der Waals surface area contributed by atoms with Crippen molar-refractivity contribution >= 4 is 11.6 Å². The standard InChI is InChI=1S/C18H17ClN2O2/c1-12(2)14-4-3-5-16(10-14)22-11-17-20-18(23-21-17)13-6-8-15(19)9-7-13/h3-10,12H,11H2,1-2H3. The van der Waals surface area contributed by atoms with Gasteiger partial charge in [-0.3, -0.25) is 0 Å². The van der Waals surface area contributed by atoms with Gasteiger partial charge in [0.2, 0.25) is 5.82 Å². The maximum atomic E-state index is 5.87. The lowest BCUT2D eigenvalue weighted by molar-refractivity contribution is 0.286. The van der Waals surface area contributed by atoms with Gasteiger partial charge in [0.1, 0.15) is 5.75 Å². The van der Waals surface area contributed by atoms with Crippen molar-refractivity contribution in [3.05, 3.63) is 64.9 Å². The number of halogens is 1. The predicted molar refractivity (Wildman–Crippen MR) is 89.6 cm³/mol. The normalized spacial score (nSPS) is 11.0. The summed E-state index contributed by atoms with van der Waals surface area (Å²) in [4.78, 5) is 4.34. The van der Waals surface area contributed by atoms with Gasteiger partial charge < -0.3 is 9.26 Å². The van der Waals surface area contributed by atoms with E-state index in [4.69, 9.17) is 20.9 Å². The van der Waals surface area contributed by atoms with E-state index in [-0.39, 0.29) is 6.61 Å². The van der Waals surface area contributed by atoms with E-state index in [1.165, 1.54) is 5.56 Å². The second-order valence-electron chi connectivity index (χ2n) is 5.54. The smallest absolute Gasteiger partial charge is 0.258 e. The average molecular weight is 329 g/mol. The van der Waals surface area contributed by atoms with Crippen LogP contribution in [0, 0.1) is 0 Å². The van der Waals surface area contributed by atoms with Gasteiger partial charge in [-0.1, -0.05) is 42.7 Å². The van der Waals surface area contributed by atoms with Crippen molar-refractivity contribution in [3.63, 3.8) is 0 Å². The molecule has 0 N–H and O–H groups in total. The summed E-state index contributed by atoms with van der Waals surface area (Å²) in [6.07, 6.45) is 0. The van der Waals surface area contributed by atoms with Crippen LogP contribution >= 0.6 is 11.6 Å². The molecule has 5 heteroatoms. The Morgan fingerprint density at radius 3 is 2.65 bits per heavy atom. The molecule has 118 valence electrons. The molecule has 2 aromatic carbocycles. The van der Waals surface area contributed by atoms with Gasteiger partial charge in [0, 0.05) is 10.6 Å². The van der Waals surface area contributed by atoms with Crippen molar-refractivity contribution in [1.29, 1.82) is 0 Å². The van der Waals surface area contributed by atoms with E-state index in [2.05, 4.69) is 30.1 Å². The van der Waals surface area contributed by atoms with Crippen LogP contribution < -0.4 is 4.74 Å². The molecular formula is C18H17ClN2O2. The number of benzene rings is 2. The molecular weight excluding hydrogens is 312 g/mol. The molecule has 0 saturated carbocycles. The van der Waals surface area contributed by atoms with Crippen molar-refractivity contribution in [1.82, 2.24) is 10.1 Å². The van der Waals surface area contributed by atoms with Crippen LogP contribution in [0.2, 0.25) is 5.02 Å². The topological polar surface area (TPSA) is 48.2 Å². The first-order chi connectivity index (χ1) is 11.1. The number of nitrogens with zero attached hydrogens (tertiary/aromatic N) is 2. The Morgan fingerprint density at radius 1 is 1.13 bits per heavy atom. The fourth-order valence-corrected chi connectivity index (χ4v) is 2.26. The van der Waals surface area contributed by atoms with Crippen LogP contribution in [0.3, 0.4) is 0 Å². The highest BCUT2D eigenvalue weighted by Crippen LogP contribution is 2.22. The molecule has 4 nitrogen and oxygen atoms in total. The van der Waals surface area contributed by atoms with Crippen LogP contribution in [-0.4, -0.2) is 10.1 Å². The van der Waals surface area contributed by atoms with E-state index < -0.39 is 0 Å². The van der Waals surface area contributed by atoms with Crippen LogP contribution in [-0.2, 0) is 6.61 Å². The molecule has 3 rings (SSSR count). The van der Waals surface area contributed by atoms with Crippen LogP contribution in [0.25, 0.3) is 11.5 Å². The zero-order chi connectivity index (χ0) is 16.2. The largest absolute Gasteiger partial charge is 0.485 e. The lowest BCUT2D eigenvalue weighted by Crippen LogP contribution is -1.98. The van der Waals surface area contributed by atoms with Gasteiger partial charge in [-0.25, -0.2) is 0 Å². The quantitative estimate of drug-likeness (QED) is 0.654. The van der Waals surface area contributed by atoms with Gasteiger partial charge in [0.15, 0.2) is 6.61 Å². The van der Waals surface area contributed by atoms with Gasteiger partial charge in [-0.15, -0.1) is 0 Å². The summed E-state index contributed by atoms with van der Waals surface area (Å²) in [5, 5.41) is 4.61. The number of hydrogen-bond donors (Lipinski definition) is 0. The van der Waals surface area contributed by atoms with Crippen molar-refractivity contribution in [2.45, 2.75) is 26.4 Å². The zero-order valence-corrected chi connectivity index (χ0v) is 13.7. The maximum absolute atomic E-state index is 5.87. The molecule has 0 saturated heterocycles. The molecule has 0 radical (unpaired) electrons. The number of aromatic nitrogens is 2. The third-order valence-electron chi connectivity index (χ3n) is 3.45. The Hall–Kier alpha value is -2.33. The number of rotatable bonds is 5. The van der Waals surface area contributed by atoms with Gasteiger partial charge in [-0.05, 0) is 47.9 Å². The summed E-state index contributed by atoms with van der Waals surface area (Å²) in [5.74, 6) is 2.22. The highest BCUT2D eigenvalue weighted by molar-refractivity contribution is 6.30. The SMILES string of the molecule is CC(C)c1cccc(OCc2noc(-c3ccc(Cl)cc3)n2)c1. The molecule has 0 aliphatic heterocycles. The first-order valence-corrected chi connectivity index (χ1v) is 7.81. The van der Waals surface area contributed by atoms with Crippen molar-refractivity contribution in [3.8, 4) is 17.2 Å². The molecule has 1 aromatic heterocycles. The summed E-state index contributed by atoms with van der Waals surface area (Å²) in [6.45, 7) is 4.56. The Morgan fingerprint density at radius 2 is 1.91 bits per heavy atom. The van der Waals surface area contributed by atoms with E-state index >= 15 is 0 Å². The summed E-state index contributed by atoms with van der Waals surface area (Å²) in [5.41, 5.74) is 2.06. The lowest BCUT2D eigenvalue weighted by atomic mass is 10.0. The molecule has 0 aliphatic rings. The van der Waals surface area contributed by atoms with Gasteiger partial charge in [0.25, 0.3) is 5.89 Å². The lowest BCUT2D eigenvalue weighted by Gasteiger charge is -2.08. The van der Waals surface area contributed by atoms with Crippen LogP contribution in [0.15, 0.2) is 53.1 Å². The van der Waals surface area contributed by atoms with E-state index in [0.717, 1.165) is 11.3 Å². The van der Waals surface area contributed by atoms with Crippen LogP contribution in [0.5, 0.6) is 5.75 Å². The predicted octanol–water partition coefficient (Wildman–Crippen LogP) is 5.09. The Balaban J connectivity index is 1.67. The summed E-state index contributed by atoms with van der Waals surface area (Å²) in [7, 11) is 0. The molecule has 0 bridgehead atoms. The van der Waals surface area contributed by atoms with Crippen LogP contribution in [0.1, 0.15) is 31.2 Å². The average Bonchev–Trinajstić information content (AvgIpc) is 3.03. The molecule has 23 heavy (non-hydrogen) atoms. The number of ether oxygens (including phenoxy) is 1. The molecule has 0 atom stereocenters. The third kappa shape index (κ3) is 3.90. The third-order valence-corrected chi connectivity index (χ3v) is 3.70. The van der Waals surface area contributed by atoms with Crippen molar-refractivity contribution < 1.29 is 9.26 Å². The fourth-order valence-electron chi connectivity index (χ4n) is 2.13. The Bertz CT molecular complexity index is 782. The Labute approximate surface area is 140 Å². The Kier molecular flexibility index (Phi) is 4.63. The minimum Gasteiger partial charge on any atom is -0.485 e. The monoisotopic (exact) mass is 328 g/mol. The molecule has 0 amide bonds. The van der Waals surface area contributed by atoms with Gasteiger partial charge >= 0.3 is 0 Å². The van der Waals surface area contributed by atoms with Crippen molar-refractivity contribution in [2.24, 2.45) is 0 Å². The second-order valence-corrected chi connectivity index (χ2v) is 5.97. The van der Waals surface area contributed by atoms with Gasteiger partial charge in [-0.2, -0.15) is 4.98 Å². The molecule has 0 fully saturated rings. The minimum absolute atomic E-state index is 0.263. The summed E-state index contributed by atoms with van der Waals surface area (Å²) in [6, 6.07) is 15.3. The summed E-state index contributed by atoms with van der Waals surface area (Å²) >= 11 is 5.87. The highest BCUT2D eigenvalue weighted by Gasteiger charge is 2.09. The van der Waals surface area contributed by atoms with Crippen molar-refractivity contribution in [2.75, 3.05) is 0 Å². The molecule has 0 aliphatic carbocycles. The van der Waals surface area contributed by atoms with E-state index in [1.807, 2.05) is 30.3 Å². The van der Waals surface area contributed by atoms with E-state index in [0.29, 0.717) is 22.7 Å². The van der Waals surface area contributed by atoms with Crippen LogP contribution in [0.4, 0.5) is 0 Å².